The van der Waals surface area contributed by atoms with Crippen LogP contribution >= 0.6 is 15.9 Å². The lowest BCUT2D eigenvalue weighted by Gasteiger charge is -2.29. The first-order chi connectivity index (χ1) is 9.43. The molecule has 0 bridgehead atoms. The van der Waals surface area contributed by atoms with Crippen LogP contribution in [-0.2, 0) is 10.3 Å². The first kappa shape index (κ1) is 14.5. The Labute approximate surface area is 125 Å². The van der Waals surface area contributed by atoms with E-state index < -0.39 is 11.4 Å². The molecule has 5 heteroatoms. The Morgan fingerprint density at radius 2 is 1.90 bits per heavy atom. The van der Waals surface area contributed by atoms with E-state index in [1.165, 1.54) is 6.07 Å². The number of amides is 1. The third kappa shape index (κ3) is 2.82. The zero-order chi connectivity index (χ0) is 14.8. The molecular weight excluding hydrogens is 323 g/mol. The van der Waals surface area contributed by atoms with Crippen LogP contribution in [0.4, 0.5) is 10.1 Å². The van der Waals surface area contributed by atoms with Gasteiger partial charge in [-0.25, -0.2) is 4.39 Å². The number of carbonyl (C=O) groups is 1. The van der Waals surface area contributed by atoms with Gasteiger partial charge in [-0.3, -0.25) is 4.79 Å². The van der Waals surface area contributed by atoms with Gasteiger partial charge in [0.2, 0.25) is 5.91 Å². The molecule has 1 amide bonds. The summed E-state index contributed by atoms with van der Waals surface area (Å²) in [5.41, 5.74) is 5.74. The molecule has 3 N–H and O–H groups in total. The fourth-order valence-electron chi connectivity index (χ4n) is 1.89. The van der Waals surface area contributed by atoms with Gasteiger partial charge >= 0.3 is 0 Å². The minimum Gasteiger partial charge on any atom is -0.368 e. The average molecular weight is 337 g/mol. The normalized spacial score (nSPS) is 13.6. The van der Waals surface area contributed by atoms with Gasteiger partial charge in [0.05, 0.1) is 4.47 Å². The van der Waals surface area contributed by atoms with Gasteiger partial charge in [-0.05, 0) is 52.7 Å². The third-order valence-corrected chi connectivity index (χ3v) is 3.77. The molecule has 2 aromatic carbocycles. The highest BCUT2D eigenvalue weighted by Gasteiger charge is 2.33. The van der Waals surface area contributed by atoms with Gasteiger partial charge in [0.15, 0.2) is 0 Å². The van der Waals surface area contributed by atoms with E-state index in [1.807, 2.05) is 30.3 Å². The second-order valence-electron chi connectivity index (χ2n) is 4.61. The van der Waals surface area contributed by atoms with Crippen molar-refractivity contribution in [3.63, 3.8) is 0 Å². The van der Waals surface area contributed by atoms with Crippen molar-refractivity contribution in [1.29, 1.82) is 0 Å². The molecule has 2 rings (SSSR count). The molecule has 0 fully saturated rings. The summed E-state index contributed by atoms with van der Waals surface area (Å²) in [7, 11) is 0. The first-order valence-electron chi connectivity index (χ1n) is 6.02. The largest absolute Gasteiger partial charge is 0.368 e. The van der Waals surface area contributed by atoms with Crippen LogP contribution in [0, 0.1) is 5.82 Å². The second-order valence-corrected chi connectivity index (χ2v) is 5.46. The van der Waals surface area contributed by atoms with Crippen LogP contribution in [0.15, 0.2) is 53.0 Å². The summed E-state index contributed by atoms with van der Waals surface area (Å²) in [5, 5.41) is 3.10. The molecule has 2 aromatic rings. The lowest BCUT2D eigenvalue weighted by molar-refractivity contribution is -0.122. The van der Waals surface area contributed by atoms with E-state index >= 15 is 0 Å². The minimum atomic E-state index is -1.13. The van der Waals surface area contributed by atoms with Crippen molar-refractivity contribution in [2.75, 3.05) is 5.32 Å². The van der Waals surface area contributed by atoms with Gasteiger partial charge in [-0.2, -0.15) is 0 Å². The van der Waals surface area contributed by atoms with E-state index in [0.717, 1.165) is 5.69 Å². The number of carbonyl (C=O) groups excluding carboxylic acids is 1. The Hall–Kier alpha value is -1.88. The van der Waals surface area contributed by atoms with Gasteiger partial charge < -0.3 is 11.1 Å². The molecule has 1 atom stereocenters. The zero-order valence-electron chi connectivity index (χ0n) is 10.9. The predicted octanol–water partition coefficient (Wildman–Crippen LogP) is 3.40. The van der Waals surface area contributed by atoms with Gasteiger partial charge in [0.1, 0.15) is 11.4 Å². The molecule has 0 aliphatic heterocycles. The van der Waals surface area contributed by atoms with Crippen molar-refractivity contribution in [3.05, 3.63) is 64.4 Å². The number of para-hydroxylation sites is 1. The number of rotatable bonds is 4. The van der Waals surface area contributed by atoms with E-state index in [1.54, 1.807) is 19.1 Å². The number of benzene rings is 2. The van der Waals surface area contributed by atoms with E-state index in [4.69, 9.17) is 5.73 Å². The Kier molecular flexibility index (Phi) is 4.09. The lowest BCUT2D eigenvalue weighted by Crippen LogP contribution is -2.45. The van der Waals surface area contributed by atoms with Crippen molar-refractivity contribution >= 4 is 27.5 Å². The second kappa shape index (κ2) is 5.63. The summed E-state index contributed by atoms with van der Waals surface area (Å²) in [6.45, 7) is 1.67. The zero-order valence-corrected chi connectivity index (χ0v) is 12.4. The summed E-state index contributed by atoms with van der Waals surface area (Å²) in [4.78, 5) is 11.9. The molecule has 0 aliphatic carbocycles. The SMILES string of the molecule is CC(Nc1ccccc1)(C(N)=O)c1ccc(F)c(Br)c1. The number of primary amides is 1. The van der Waals surface area contributed by atoms with Crippen LogP contribution in [-0.4, -0.2) is 5.91 Å². The molecule has 0 saturated carbocycles. The predicted molar refractivity (Wildman–Crippen MR) is 80.7 cm³/mol. The van der Waals surface area contributed by atoms with Crippen LogP contribution in [0.5, 0.6) is 0 Å². The van der Waals surface area contributed by atoms with Gasteiger partial charge in [-0.1, -0.05) is 24.3 Å². The summed E-state index contributed by atoms with van der Waals surface area (Å²) in [6.07, 6.45) is 0. The Balaban J connectivity index is 2.43. The number of nitrogens with one attached hydrogen (secondary N) is 1. The van der Waals surface area contributed by atoms with Crippen molar-refractivity contribution < 1.29 is 9.18 Å². The number of hydrogen-bond acceptors (Lipinski definition) is 2. The molecule has 0 radical (unpaired) electrons. The van der Waals surface area contributed by atoms with Crippen LogP contribution in [0.2, 0.25) is 0 Å². The summed E-state index contributed by atoms with van der Waals surface area (Å²) < 4.78 is 13.6. The van der Waals surface area contributed by atoms with E-state index in [9.17, 15) is 9.18 Å². The molecule has 0 heterocycles. The molecule has 20 heavy (non-hydrogen) atoms. The van der Waals surface area contributed by atoms with Crippen LogP contribution in [0.25, 0.3) is 0 Å². The van der Waals surface area contributed by atoms with Crippen LogP contribution in [0.3, 0.4) is 0 Å². The number of halogens is 2. The number of anilines is 1. The maximum atomic E-state index is 13.3. The Morgan fingerprint density at radius 1 is 1.25 bits per heavy atom. The number of nitrogens with two attached hydrogens (primary N) is 1. The van der Waals surface area contributed by atoms with E-state index in [0.29, 0.717) is 5.56 Å². The standard InChI is InChI=1S/C15H14BrFN2O/c1-15(14(18)20,19-11-5-3-2-4-6-11)10-7-8-13(17)12(16)9-10/h2-9,19H,1H3,(H2,18,20). The van der Waals surface area contributed by atoms with Crippen LogP contribution in [0.1, 0.15) is 12.5 Å². The first-order valence-corrected chi connectivity index (χ1v) is 6.81. The summed E-state index contributed by atoms with van der Waals surface area (Å²) >= 11 is 3.12. The van der Waals surface area contributed by atoms with Gasteiger partial charge in [0, 0.05) is 5.69 Å². The fourth-order valence-corrected chi connectivity index (χ4v) is 2.27. The highest BCUT2D eigenvalue weighted by molar-refractivity contribution is 9.10. The highest BCUT2D eigenvalue weighted by atomic mass is 79.9. The topological polar surface area (TPSA) is 55.1 Å². The Bertz CT molecular complexity index is 633. The summed E-state index contributed by atoms with van der Waals surface area (Å²) in [6, 6.07) is 13.6. The third-order valence-electron chi connectivity index (χ3n) is 3.16. The maximum Gasteiger partial charge on any atom is 0.247 e. The van der Waals surface area contributed by atoms with Gasteiger partial charge in [-0.15, -0.1) is 0 Å². The van der Waals surface area contributed by atoms with Gasteiger partial charge in [0.25, 0.3) is 0 Å². The molecule has 0 spiro atoms. The van der Waals surface area contributed by atoms with Crippen molar-refractivity contribution in [2.45, 2.75) is 12.5 Å². The molecule has 104 valence electrons. The van der Waals surface area contributed by atoms with E-state index in [2.05, 4.69) is 21.2 Å². The molecule has 0 aliphatic rings. The highest BCUT2D eigenvalue weighted by Crippen LogP contribution is 2.29. The van der Waals surface area contributed by atoms with E-state index in [-0.39, 0.29) is 10.3 Å². The molecular formula is C15H14BrFN2O. The van der Waals surface area contributed by atoms with Crippen molar-refractivity contribution in [3.8, 4) is 0 Å². The maximum absolute atomic E-state index is 13.3. The monoisotopic (exact) mass is 336 g/mol. The van der Waals surface area contributed by atoms with Crippen molar-refractivity contribution in [1.82, 2.24) is 0 Å². The molecule has 0 saturated heterocycles. The molecule has 1 unspecified atom stereocenters. The minimum absolute atomic E-state index is 0.289. The van der Waals surface area contributed by atoms with Crippen molar-refractivity contribution in [2.24, 2.45) is 5.73 Å². The lowest BCUT2D eigenvalue weighted by atomic mass is 9.90. The quantitative estimate of drug-likeness (QED) is 0.898. The van der Waals surface area contributed by atoms with Crippen LogP contribution < -0.4 is 11.1 Å². The summed E-state index contributed by atoms with van der Waals surface area (Å²) in [5.74, 6) is -0.930. The molecule has 3 nitrogen and oxygen atoms in total. The average Bonchev–Trinajstić information content (AvgIpc) is 2.42. The Morgan fingerprint density at radius 3 is 2.45 bits per heavy atom. The fraction of sp³-hybridized carbons (Fsp3) is 0.133. The smallest absolute Gasteiger partial charge is 0.247 e. The number of hydrogen-bond donors (Lipinski definition) is 2. The molecule has 0 aromatic heterocycles.